The lowest BCUT2D eigenvalue weighted by Gasteiger charge is -2.10. The second-order valence-electron chi connectivity index (χ2n) is 6.01. The van der Waals surface area contributed by atoms with Crippen molar-refractivity contribution in [2.75, 3.05) is 26.0 Å². The first kappa shape index (κ1) is 20.9. The quantitative estimate of drug-likeness (QED) is 0.419. The first-order valence-corrected chi connectivity index (χ1v) is 10.1. The van der Waals surface area contributed by atoms with Gasteiger partial charge in [0, 0.05) is 32.3 Å². The Morgan fingerprint density at radius 2 is 1.93 bits per heavy atom. The van der Waals surface area contributed by atoms with Crippen LogP contribution in [0.2, 0.25) is 0 Å². The Balaban J connectivity index is 1.88. The van der Waals surface area contributed by atoms with Crippen LogP contribution in [0.3, 0.4) is 0 Å². The van der Waals surface area contributed by atoms with Crippen LogP contribution in [0.5, 0.6) is 0 Å². The molecule has 0 aliphatic carbocycles. The highest BCUT2D eigenvalue weighted by atomic mass is 32.2. The summed E-state index contributed by atoms with van der Waals surface area (Å²) >= 11 is 0. The molecule has 8 heteroatoms. The van der Waals surface area contributed by atoms with Crippen molar-refractivity contribution in [1.82, 2.24) is 10.0 Å². The van der Waals surface area contributed by atoms with Crippen LogP contribution >= 0.6 is 0 Å². The van der Waals surface area contributed by atoms with E-state index in [0.29, 0.717) is 30.7 Å². The van der Waals surface area contributed by atoms with Crippen molar-refractivity contribution in [3.8, 4) is 0 Å². The number of nitrogens with one attached hydrogen (secondary N) is 2. The molecule has 7 nitrogen and oxygen atoms in total. The summed E-state index contributed by atoms with van der Waals surface area (Å²) in [4.78, 5) is 12.2. The SMILES string of the molecule is COCCNS(=O)(=O)c1cccc(CNC(=O)CCc2ccccc2N)c1. The average molecular weight is 391 g/mol. The molecule has 0 spiro atoms. The van der Waals surface area contributed by atoms with E-state index in [-0.39, 0.29) is 23.9 Å². The Labute approximate surface area is 160 Å². The number of methoxy groups -OCH3 is 1. The summed E-state index contributed by atoms with van der Waals surface area (Å²) in [6.45, 7) is 0.744. The fraction of sp³-hybridized carbons (Fsp3) is 0.316. The van der Waals surface area contributed by atoms with Crippen LogP contribution in [0, 0.1) is 0 Å². The third-order valence-corrected chi connectivity index (χ3v) is 5.43. The molecule has 0 unspecified atom stereocenters. The number of para-hydroxylation sites is 1. The third-order valence-electron chi connectivity index (χ3n) is 3.97. The minimum absolute atomic E-state index is 0.121. The van der Waals surface area contributed by atoms with Gasteiger partial charge >= 0.3 is 0 Å². The first-order chi connectivity index (χ1) is 12.9. The molecule has 0 aliphatic heterocycles. The molecule has 0 saturated carbocycles. The molecule has 0 heterocycles. The second-order valence-corrected chi connectivity index (χ2v) is 7.78. The summed E-state index contributed by atoms with van der Waals surface area (Å²) in [5.41, 5.74) is 8.18. The summed E-state index contributed by atoms with van der Waals surface area (Å²) in [6.07, 6.45) is 0.862. The molecule has 1 amide bonds. The largest absolute Gasteiger partial charge is 0.399 e. The van der Waals surface area contributed by atoms with Crippen molar-refractivity contribution in [3.05, 3.63) is 59.7 Å². The number of aryl methyl sites for hydroxylation is 1. The number of sulfonamides is 1. The molecular formula is C19H25N3O4S. The van der Waals surface area contributed by atoms with Gasteiger partial charge in [0.1, 0.15) is 0 Å². The van der Waals surface area contributed by atoms with Gasteiger partial charge in [0.05, 0.1) is 11.5 Å². The highest BCUT2D eigenvalue weighted by Gasteiger charge is 2.14. The van der Waals surface area contributed by atoms with E-state index in [1.807, 2.05) is 18.2 Å². The van der Waals surface area contributed by atoms with Crippen LogP contribution in [0.4, 0.5) is 5.69 Å². The minimum atomic E-state index is -3.60. The van der Waals surface area contributed by atoms with Gasteiger partial charge in [-0.25, -0.2) is 13.1 Å². The molecule has 0 atom stereocenters. The number of nitrogen functional groups attached to an aromatic ring is 1. The fourth-order valence-corrected chi connectivity index (χ4v) is 3.57. The maximum absolute atomic E-state index is 12.2. The molecule has 0 aliphatic rings. The van der Waals surface area contributed by atoms with Crippen LogP contribution in [-0.4, -0.2) is 34.6 Å². The van der Waals surface area contributed by atoms with Gasteiger partial charge in [-0.15, -0.1) is 0 Å². The molecular weight excluding hydrogens is 366 g/mol. The predicted octanol–water partition coefficient (Wildman–Crippen LogP) is 1.44. The van der Waals surface area contributed by atoms with Crippen molar-refractivity contribution in [2.45, 2.75) is 24.3 Å². The molecule has 146 valence electrons. The molecule has 0 aromatic heterocycles. The van der Waals surface area contributed by atoms with Gasteiger partial charge in [-0.2, -0.15) is 0 Å². The van der Waals surface area contributed by atoms with E-state index < -0.39 is 10.0 Å². The monoisotopic (exact) mass is 391 g/mol. The van der Waals surface area contributed by atoms with E-state index in [0.717, 1.165) is 5.56 Å². The van der Waals surface area contributed by atoms with Crippen LogP contribution in [0.1, 0.15) is 17.5 Å². The fourth-order valence-electron chi connectivity index (χ4n) is 2.48. The Hall–Kier alpha value is -2.42. The summed E-state index contributed by atoms with van der Waals surface area (Å²) in [5.74, 6) is -0.121. The number of amides is 1. The van der Waals surface area contributed by atoms with Crippen LogP contribution in [0.15, 0.2) is 53.4 Å². The summed E-state index contributed by atoms with van der Waals surface area (Å²) in [7, 11) is -2.10. The Kier molecular flexibility index (Phi) is 7.78. The first-order valence-electron chi connectivity index (χ1n) is 8.60. The topological polar surface area (TPSA) is 111 Å². The van der Waals surface area contributed by atoms with Crippen LogP contribution < -0.4 is 15.8 Å². The smallest absolute Gasteiger partial charge is 0.240 e. The standard InChI is InChI=1S/C19H25N3O4S/c1-26-12-11-22-27(24,25)17-7-4-5-15(13-17)14-21-19(23)10-9-16-6-2-3-8-18(16)20/h2-8,13,22H,9-12,14,20H2,1H3,(H,21,23). The lowest BCUT2D eigenvalue weighted by Crippen LogP contribution is -2.27. The summed E-state index contributed by atoms with van der Waals surface area (Å²) < 4.78 is 31.7. The summed E-state index contributed by atoms with van der Waals surface area (Å²) in [5, 5.41) is 2.80. The number of anilines is 1. The zero-order chi connectivity index (χ0) is 19.7. The maximum Gasteiger partial charge on any atom is 0.240 e. The van der Waals surface area contributed by atoms with Gasteiger partial charge in [-0.05, 0) is 35.7 Å². The molecule has 4 N–H and O–H groups in total. The summed E-state index contributed by atoms with van der Waals surface area (Å²) in [6, 6.07) is 13.9. The molecule has 0 saturated heterocycles. The Morgan fingerprint density at radius 3 is 2.67 bits per heavy atom. The molecule has 0 radical (unpaired) electrons. The minimum Gasteiger partial charge on any atom is -0.399 e. The Morgan fingerprint density at radius 1 is 1.15 bits per heavy atom. The van der Waals surface area contributed by atoms with E-state index in [1.54, 1.807) is 24.3 Å². The van der Waals surface area contributed by atoms with Crippen molar-refractivity contribution < 1.29 is 17.9 Å². The molecule has 0 fully saturated rings. The van der Waals surface area contributed by atoms with Crippen LogP contribution in [-0.2, 0) is 32.5 Å². The molecule has 27 heavy (non-hydrogen) atoms. The number of benzene rings is 2. The molecule has 0 bridgehead atoms. The normalized spacial score (nSPS) is 11.3. The van der Waals surface area contributed by atoms with Crippen molar-refractivity contribution in [3.63, 3.8) is 0 Å². The van der Waals surface area contributed by atoms with E-state index in [9.17, 15) is 13.2 Å². The van der Waals surface area contributed by atoms with Gasteiger partial charge in [0.25, 0.3) is 0 Å². The number of hydrogen-bond acceptors (Lipinski definition) is 5. The van der Waals surface area contributed by atoms with Crippen LogP contribution in [0.25, 0.3) is 0 Å². The number of nitrogens with two attached hydrogens (primary N) is 1. The van der Waals surface area contributed by atoms with Gasteiger partial charge < -0.3 is 15.8 Å². The van der Waals surface area contributed by atoms with Gasteiger partial charge in [0.2, 0.25) is 15.9 Å². The lowest BCUT2D eigenvalue weighted by atomic mass is 10.1. The average Bonchev–Trinajstić information content (AvgIpc) is 2.66. The zero-order valence-electron chi connectivity index (χ0n) is 15.3. The van der Waals surface area contributed by atoms with E-state index in [4.69, 9.17) is 10.5 Å². The molecule has 2 rings (SSSR count). The zero-order valence-corrected chi connectivity index (χ0v) is 16.1. The van der Waals surface area contributed by atoms with Crippen molar-refractivity contribution in [1.29, 1.82) is 0 Å². The molecule has 2 aromatic rings. The third kappa shape index (κ3) is 6.67. The van der Waals surface area contributed by atoms with E-state index >= 15 is 0 Å². The number of ether oxygens (including phenoxy) is 1. The number of rotatable bonds is 10. The second kappa shape index (κ2) is 10.1. The van der Waals surface area contributed by atoms with Crippen molar-refractivity contribution in [2.24, 2.45) is 0 Å². The Bertz CT molecular complexity index is 869. The number of carbonyl (C=O) groups excluding carboxylic acids is 1. The number of carbonyl (C=O) groups is 1. The maximum atomic E-state index is 12.2. The molecule has 2 aromatic carbocycles. The number of hydrogen-bond donors (Lipinski definition) is 3. The van der Waals surface area contributed by atoms with E-state index in [1.165, 1.54) is 13.2 Å². The van der Waals surface area contributed by atoms with E-state index in [2.05, 4.69) is 10.0 Å². The van der Waals surface area contributed by atoms with Crippen molar-refractivity contribution >= 4 is 21.6 Å². The lowest BCUT2D eigenvalue weighted by molar-refractivity contribution is -0.121. The van der Waals surface area contributed by atoms with Gasteiger partial charge in [-0.3, -0.25) is 4.79 Å². The van der Waals surface area contributed by atoms with Gasteiger partial charge in [-0.1, -0.05) is 30.3 Å². The highest BCUT2D eigenvalue weighted by molar-refractivity contribution is 7.89. The van der Waals surface area contributed by atoms with Gasteiger partial charge in [0.15, 0.2) is 0 Å². The predicted molar refractivity (Wildman–Crippen MR) is 105 cm³/mol. The highest BCUT2D eigenvalue weighted by Crippen LogP contribution is 2.13.